The number of aliphatic hydroxyl groups is 1. The van der Waals surface area contributed by atoms with Gasteiger partial charge in [0.15, 0.2) is 5.65 Å². The van der Waals surface area contributed by atoms with Crippen LogP contribution in [-0.2, 0) is 10.0 Å². The molecule has 0 radical (unpaired) electrons. The zero-order valence-electron chi connectivity index (χ0n) is 18.9. The van der Waals surface area contributed by atoms with Crippen LogP contribution in [0.15, 0.2) is 41.4 Å². The zero-order valence-corrected chi connectivity index (χ0v) is 19.7. The third-order valence-corrected chi connectivity index (χ3v) is 7.72. The summed E-state index contributed by atoms with van der Waals surface area (Å²) >= 11 is 0. The van der Waals surface area contributed by atoms with Gasteiger partial charge in [0.25, 0.3) is 0 Å². The Morgan fingerprint density at radius 2 is 1.97 bits per heavy atom. The quantitative estimate of drug-likeness (QED) is 0.561. The van der Waals surface area contributed by atoms with E-state index in [4.69, 9.17) is 4.98 Å². The number of aromatic nitrogens is 3. The Morgan fingerprint density at radius 1 is 1.25 bits per heavy atom. The number of benzene rings is 1. The van der Waals surface area contributed by atoms with Crippen molar-refractivity contribution >= 4 is 33.0 Å². The van der Waals surface area contributed by atoms with Crippen LogP contribution in [0, 0.1) is 0 Å². The SMILES string of the molecule is CC(C)c1cnn2c(Nc3ccc(S(=O)(=O)N(C)C)cc3)cc(N3CCCC3CO)nc12. The van der Waals surface area contributed by atoms with Gasteiger partial charge in [-0.2, -0.15) is 9.61 Å². The predicted octanol–water partition coefficient (Wildman–Crippen LogP) is 2.81. The number of rotatable bonds is 7. The van der Waals surface area contributed by atoms with E-state index in [1.165, 1.54) is 18.4 Å². The highest BCUT2D eigenvalue weighted by Gasteiger charge is 2.27. The molecule has 1 aliphatic rings. The molecule has 1 aromatic carbocycles. The molecule has 0 amide bonds. The molecular weight excluding hydrogens is 428 g/mol. The smallest absolute Gasteiger partial charge is 0.242 e. The number of hydrogen-bond acceptors (Lipinski definition) is 7. The van der Waals surface area contributed by atoms with Crippen molar-refractivity contribution < 1.29 is 13.5 Å². The molecule has 1 unspecified atom stereocenters. The zero-order chi connectivity index (χ0) is 23.0. The first-order valence-corrected chi connectivity index (χ1v) is 12.2. The van der Waals surface area contributed by atoms with Gasteiger partial charge in [-0.15, -0.1) is 0 Å². The topological polar surface area (TPSA) is 103 Å². The van der Waals surface area contributed by atoms with Gasteiger partial charge in [-0.25, -0.2) is 17.7 Å². The summed E-state index contributed by atoms with van der Waals surface area (Å²) in [5.41, 5.74) is 2.56. The van der Waals surface area contributed by atoms with Gasteiger partial charge in [0.1, 0.15) is 11.6 Å². The first-order valence-electron chi connectivity index (χ1n) is 10.8. The van der Waals surface area contributed by atoms with Gasteiger partial charge in [0.2, 0.25) is 10.0 Å². The van der Waals surface area contributed by atoms with Crippen LogP contribution < -0.4 is 10.2 Å². The highest BCUT2D eigenvalue weighted by atomic mass is 32.2. The minimum atomic E-state index is -3.49. The van der Waals surface area contributed by atoms with Gasteiger partial charge in [-0.05, 0) is 43.0 Å². The summed E-state index contributed by atoms with van der Waals surface area (Å²) in [6, 6.07) is 8.63. The lowest BCUT2D eigenvalue weighted by atomic mass is 10.1. The maximum absolute atomic E-state index is 12.4. The molecule has 172 valence electrons. The summed E-state index contributed by atoms with van der Waals surface area (Å²) in [7, 11) is -0.461. The standard InChI is InChI=1S/C22H30N6O3S/c1-15(2)19-13-23-28-21(12-20(25-22(19)28)27-11-5-6-17(27)14-29)24-16-7-9-18(10-8-16)32(30,31)26(3)4/h7-10,12-13,15,17,24,29H,5-6,11,14H2,1-4H3. The number of sulfonamides is 1. The lowest BCUT2D eigenvalue weighted by Gasteiger charge is -2.25. The molecule has 0 spiro atoms. The monoisotopic (exact) mass is 458 g/mol. The van der Waals surface area contributed by atoms with Gasteiger partial charge >= 0.3 is 0 Å². The largest absolute Gasteiger partial charge is 0.394 e. The molecule has 3 heterocycles. The number of nitrogens with zero attached hydrogens (tertiary/aromatic N) is 5. The summed E-state index contributed by atoms with van der Waals surface area (Å²) in [6.07, 6.45) is 3.78. The second-order valence-corrected chi connectivity index (χ2v) is 10.8. The van der Waals surface area contributed by atoms with Crippen LogP contribution in [0.1, 0.15) is 38.2 Å². The molecule has 0 bridgehead atoms. The minimum absolute atomic E-state index is 0.0544. The Labute approximate surface area is 188 Å². The van der Waals surface area contributed by atoms with Gasteiger partial charge in [0, 0.05) is 38.0 Å². The fraction of sp³-hybridized carbons (Fsp3) is 0.455. The number of hydrogen-bond donors (Lipinski definition) is 2. The van der Waals surface area contributed by atoms with Crippen molar-refractivity contribution in [2.24, 2.45) is 0 Å². The summed E-state index contributed by atoms with van der Waals surface area (Å²) in [5, 5.41) is 17.7. The summed E-state index contributed by atoms with van der Waals surface area (Å²) < 4.78 is 27.7. The van der Waals surface area contributed by atoms with Crippen LogP contribution in [0.5, 0.6) is 0 Å². The summed E-state index contributed by atoms with van der Waals surface area (Å²) in [6.45, 7) is 5.15. The maximum atomic E-state index is 12.4. The summed E-state index contributed by atoms with van der Waals surface area (Å²) in [4.78, 5) is 7.28. The average molecular weight is 459 g/mol. The Bertz CT molecular complexity index is 1200. The molecule has 10 heteroatoms. The molecule has 2 N–H and O–H groups in total. The third-order valence-electron chi connectivity index (χ3n) is 5.90. The number of anilines is 3. The molecule has 0 saturated carbocycles. The normalized spacial score (nSPS) is 17.1. The maximum Gasteiger partial charge on any atom is 0.242 e. The molecule has 3 aromatic rings. The number of nitrogens with one attached hydrogen (secondary N) is 1. The van der Waals surface area contributed by atoms with E-state index in [9.17, 15) is 13.5 Å². The first kappa shape index (κ1) is 22.5. The molecule has 2 aromatic heterocycles. The third kappa shape index (κ3) is 4.05. The predicted molar refractivity (Wildman–Crippen MR) is 125 cm³/mol. The molecular formula is C22H30N6O3S. The Morgan fingerprint density at radius 3 is 2.59 bits per heavy atom. The van der Waals surface area contributed by atoms with Crippen molar-refractivity contribution in [3.05, 3.63) is 42.1 Å². The lowest BCUT2D eigenvalue weighted by molar-refractivity contribution is 0.266. The fourth-order valence-corrected chi connectivity index (χ4v) is 4.91. The molecule has 1 aliphatic heterocycles. The van der Waals surface area contributed by atoms with E-state index < -0.39 is 10.0 Å². The summed E-state index contributed by atoms with van der Waals surface area (Å²) in [5.74, 6) is 1.78. The number of fused-ring (bicyclic) bond motifs is 1. The van der Waals surface area contributed by atoms with Crippen LogP contribution in [-0.4, -0.2) is 65.7 Å². The second kappa shape index (κ2) is 8.68. The molecule has 1 atom stereocenters. The fourth-order valence-electron chi connectivity index (χ4n) is 4.01. The lowest BCUT2D eigenvalue weighted by Crippen LogP contribution is -2.33. The van der Waals surface area contributed by atoms with Crippen LogP contribution in [0.25, 0.3) is 5.65 Å². The van der Waals surface area contributed by atoms with E-state index in [0.29, 0.717) is 0 Å². The highest BCUT2D eigenvalue weighted by Crippen LogP contribution is 2.31. The molecule has 32 heavy (non-hydrogen) atoms. The van der Waals surface area contributed by atoms with Crippen molar-refractivity contribution in [1.29, 1.82) is 0 Å². The second-order valence-electron chi connectivity index (χ2n) is 8.60. The Kier molecular flexibility index (Phi) is 6.11. The van der Waals surface area contributed by atoms with E-state index in [1.54, 1.807) is 28.8 Å². The molecule has 1 saturated heterocycles. The van der Waals surface area contributed by atoms with Gasteiger partial charge < -0.3 is 15.3 Å². The molecule has 1 fully saturated rings. The van der Waals surface area contributed by atoms with Gasteiger partial charge in [0.05, 0.1) is 23.7 Å². The van der Waals surface area contributed by atoms with Crippen LogP contribution in [0.3, 0.4) is 0 Å². The average Bonchev–Trinajstić information content (AvgIpc) is 3.41. The Balaban J connectivity index is 1.74. The van der Waals surface area contributed by atoms with Crippen molar-refractivity contribution in [2.45, 2.75) is 43.5 Å². The van der Waals surface area contributed by atoms with Crippen LogP contribution in [0.4, 0.5) is 17.3 Å². The molecule has 0 aliphatic carbocycles. The van der Waals surface area contributed by atoms with Crippen LogP contribution >= 0.6 is 0 Å². The van der Waals surface area contributed by atoms with Crippen LogP contribution in [0.2, 0.25) is 0 Å². The molecule has 4 rings (SSSR count). The minimum Gasteiger partial charge on any atom is -0.394 e. The first-order chi connectivity index (χ1) is 15.2. The highest BCUT2D eigenvalue weighted by molar-refractivity contribution is 7.89. The van der Waals surface area contributed by atoms with Crippen molar-refractivity contribution in [2.75, 3.05) is 37.5 Å². The van der Waals surface area contributed by atoms with E-state index in [-0.39, 0.29) is 23.5 Å². The van der Waals surface area contributed by atoms with Crippen molar-refractivity contribution in [1.82, 2.24) is 18.9 Å². The molecule has 9 nitrogen and oxygen atoms in total. The van der Waals surface area contributed by atoms with Crippen molar-refractivity contribution in [3.8, 4) is 0 Å². The van der Waals surface area contributed by atoms with Gasteiger partial charge in [-0.1, -0.05) is 13.8 Å². The van der Waals surface area contributed by atoms with E-state index in [1.807, 2.05) is 12.3 Å². The Hall–Kier alpha value is -2.69. The van der Waals surface area contributed by atoms with E-state index in [2.05, 4.69) is 29.2 Å². The van der Waals surface area contributed by atoms with Gasteiger partial charge in [-0.3, -0.25) is 0 Å². The number of aliphatic hydroxyl groups excluding tert-OH is 1. The van der Waals surface area contributed by atoms with E-state index >= 15 is 0 Å². The van der Waals surface area contributed by atoms with Crippen molar-refractivity contribution in [3.63, 3.8) is 0 Å². The van der Waals surface area contributed by atoms with E-state index in [0.717, 1.165) is 47.9 Å².